The molecule has 6 aliphatic carbocycles. The second kappa shape index (κ2) is 12.0. The third kappa shape index (κ3) is 5.00. The van der Waals surface area contributed by atoms with Crippen LogP contribution in [0.15, 0.2) is 35.5 Å². The van der Waals surface area contributed by atoms with Gasteiger partial charge in [-0.3, -0.25) is 4.79 Å². The molecule has 10 atom stereocenters. The molecule has 6 nitrogen and oxygen atoms in total. The van der Waals surface area contributed by atoms with Crippen molar-refractivity contribution in [3.05, 3.63) is 35.5 Å². The molecule has 3 N–H and O–H groups in total. The highest BCUT2D eigenvalue weighted by Crippen LogP contribution is 2.76. The SMILES string of the molecule is C=C(C)[C@H]1CC[C@]2(NCCN3CCNC3=O)CC[C@]3(C)[C@H](CC[C@@H]4C5(C)CC=C(C6=CCC(CF)(C(=O)O)CC6)C(C)(C)[C@@H]5CC[C@]43C)[C@@H]12. The van der Waals surface area contributed by atoms with Gasteiger partial charge < -0.3 is 20.6 Å². The van der Waals surface area contributed by atoms with Crippen molar-refractivity contribution in [3.63, 3.8) is 0 Å². The number of hydrogen-bond donors (Lipinski definition) is 3. The monoisotopic (exact) mass is 677 g/mol. The highest BCUT2D eigenvalue weighted by molar-refractivity contribution is 5.76. The highest BCUT2D eigenvalue weighted by atomic mass is 19.1. The van der Waals surface area contributed by atoms with E-state index in [0.29, 0.717) is 48.9 Å². The number of amides is 2. The van der Waals surface area contributed by atoms with Crippen LogP contribution in [0.25, 0.3) is 0 Å². The number of carbonyl (C=O) groups excluding carboxylic acids is 1. The summed E-state index contributed by atoms with van der Waals surface area (Å²) in [4.78, 5) is 26.2. The topological polar surface area (TPSA) is 81.7 Å². The van der Waals surface area contributed by atoms with Crippen LogP contribution in [0.3, 0.4) is 0 Å². The van der Waals surface area contributed by atoms with Gasteiger partial charge >= 0.3 is 12.0 Å². The van der Waals surface area contributed by atoms with Gasteiger partial charge in [-0.05, 0) is 146 Å². The van der Waals surface area contributed by atoms with Crippen LogP contribution in [-0.4, -0.2) is 60.4 Å². The average Bonchev–Trinajstić information content (AvgIpc) is 3.65. The fraction of sp³-hybridized carbons (Fsp3) is 0.810. The predicted molar refractivity (Wildman–Crippen MR) is 194 cm³/mol. The van der Waals surface area contributed by atoms with E-state index in [9.17, 15) is 19.1 Å². The van der Waals surface area contributed by atoms with E-state index >= 15 is 0 Å². The summed E-state index contributed by atoms with van der Waals surface area (Å²) in [6.45, 7) is 22.2. The van der Waals surface area contributed by atoms with Crippen molar-refractivity contribution >= 4 is 12.0 Å². The zero-order valence-electron chi connectivity index (χ0n) is 31.4. The highest BCUT2D eigenvalue weighted by Gasteiger charge is 2.70. The lowest BCUT2D eigenvalue weighted by atomic mass is 9.33. The number of nitrogens with one attached hydrogen (secondary N) is 2. The van der Waals surface area contributed by atoms with Crippen LogP contribution >= 0.6 is 0 Å². The molecule has 49 heavy (non-hydrogen) atoms. The van der Waals surface area contributed by atoms with E-state index in [-0.39, 0.29) is 33.2 Å². The second-order valence-corrected chi connectivity index (χ2v) is 19.2. The van der Waals surface area contributed by atoms with E-state index in [1.165, 1.54) is 68.1 Å². The first kappa shape index (κ1) is 35.3. The molecule has 7 aliphatic rings. The molecule has 0 aromatic heterocycles. The Labute approximate surface area is 295 Å². The Morgan fingerprint density at radius 2 is 1.78 bits per heavy atom. The molecule has 1 aliphatic heterocycles. The third-order valence-corrected chi connectivity index (χ3v) is 17.1. The summed E-state index contributed by atoms with van der Waals surface area (Å²) in [5, 5.41) is 16.9. The van der Waals surface area contributed by atoms with Crippen LogP contribution < -0.4 is 10.6 Å². The van der Waals surface area contributed by atoms with Gasteiger partial charge in [0, 0.05) is 31.7 Å². The standard InChI is InChI=1S/C42H64FN3O3/c1-27(2)29-12-19-42(45-23-25-46-24-22-44-36(46)49)21-20-39(6)31(34(29)42)8-9-33-38(5)15-13-30(37(3,4)32(38)14-16-40(33,39)7)28-10-17-41(26-43,18-11-28)35(47)48/h10,13,29,31-34,45H,1,8-9,11-12,14-26H2,2-7H3,(H,44,49)(H,47,48)/t29-,31-,32+,33-,34-,38?,39-,40-,41?,42+/m1/s1. The zero-order valence-corrected chi connectivity index (χ0v) is 31.4. The van der Waals surface area contributed by atoms with Gasteiger partial charge in [0.1, 0.15) is 6.67 Å². The molecule has 0 aromatic rings. The van der Waals surface area contributed by atoms with Gasteiger partial charge in [0.15, 0.2) is 0 Å². The van der Waals surface area contributed by atoms with Gasteiger partial charge in [0.2, 0.25) is 0 Å². The maximum absolute atomic E-state index is 14.0. The molecule has 7 rings (SSSR count). The maximum atomic E-state index is 14.0. The Balaban J connectivity index is 1.16. The number of nitrogens with zero attached hydrogens (tertiary/aromatic N) is 1. The van der Waals surface area contributed by atoms with Gasteiger partial charge in [0.25, 0.3) is 0 Å². The number of halogens is 1. The number of fused-ring (bicyclic) bond motifs is 7. The number of carbonyl (C=O) groups is 2. The van der Waals surface area contributed by atoms with Crippen molar-refractivity contribution in [3.8, 4) is 0 Å². The average molecular weight is 678 g/mol. The molecule has 7 heteroatoms. The molecule has 0 spiro atoms. The molecule has 0 radical (unpaired) electrons. The van der Waals surface area contributed by atoms with Crippen molar-refractivity contribution < 1.29 is 19.1 Å². The van der Waals surface area contributed by atoms with Crippen molar-refractivity contribution in [2.75, 3.05) is 32.9 Å². The lowest BCUT2D eigenvalue weighted by Crippen LogP contribution is -2.68. The summed E-state index contributed by atoms with van der Waals surface area (Å²) in [5.74, 6) is 2.03. The minimum atomic E-state index is -1.25. The van der Waals surface area contributed by atoms with E-state index in [1.54, 1.807) is 0 Å². The Morgan fingerprint density at radius 3 is 2.41 bits per heavy atom. The molecule has 2 unspecified atom stereocenters. The summed E-state index contributed by atoms with van der Waals surface area (Å²) in [7, 11) is 0. The van der Waals surface area contributed by atoms with Gasteiger partial charge in [-0.1, -0.05) is 58.9 Å². The van der Waals surface area contributed by atoms with E-state index < -0.39 is 18.1 Å². The number of aliphatic carboxylic acids is 1. The first-order valence-electron chi connectivity index (χ1n) is 19.7. The number of rotatable bonds is 8. The summed E-state index contributed by atoms with van der Waals surface area (Å²) >= 11 is 0. The lowest BCUT2D eigenvalue weighted by Gasteiger charge is -2.72. The molecule has 2 amide bonds. The predicted octanol–water partition coefficient (Wildman–Crippen LogP) is 8.70. The van der Waals surface area contributed by atoms with Crippen molar-refractivity contribution in [2.24, 2.45) is 56.7 Å². The van der Waals surface area contributed by atoms with Crippen molar-refractivity contribution in [2.45, 2.75) is 124 Å². The molecule has 0 aromatic carbocycles. The van der Waals surface area contributed by atoms with Gasteiger partial charge in [-0.25, -0.2) is 9.18 Å². The fourth-order valence-corrected chi connectivity index (χ4v) is 14.3. The minimum absolute atomic E-state index is 0.00869. The quantitative estimate of drug-likeness (QED) is 0.225. The summed E-state index contributed by atoms with van der Waals surface area (Å²) in [6.07, 6.45) is 17.0. The summed E-state index contributed by atoms with van der Waals surface area (Å²) < 4.78 is 14.0. The number of carboxylic acids is 1. The number of urea groups is 1. The molecule has 272 valence electrons. The smallest absolute Gasteiger partial charge is 0.317 e. The summed E-state index contributed by atoms with van der Waals surface area (Å²) in [5.41, 5.74) is 3.64. The van der Waals surface area contributed by atoms with Gasteiger partial charge in [-0.15, -0.1) is 0 Å². The molecule has 4 saturated carbocycles. The maximum Gasteiger partial charge on any atom is 0.317 e. The number of hydrogen-bond acceptors (Lipinski definition) is 3. The van der Waals surface area contributed by atoms with Crippen molar-refractivity contribution in [1.29, 1.82) is 0 Å². The van der Waals surface area contributed by atoms with Crippen LogP contribution in [0, 0.1) is 56.7 Å². The third-order valence-electron chi connectivity index (χ3n) is 17.1. The van der Waals surface area contributed by atoms with Crippen LogP contribution in [0.5, 0.6) is 0 Å². The van der Waals surface area contributed by atoms with Gasteiger partial charge in [0.05, 0.1) is 5.41 Å². The van der Waals surface area contributed by atoms with Crippen molar-refractivity contribution in [1.82, 2.24) is 15.5 Å². The first-order valence-corrected chi connectivity index (χ1v) is 19.7. The largest absolute Gasteiger partial charge is 0.481 e. The minimum Gasteiger partial charge on any atom is -0.481 e. The van der Waals surface area contributed by atoms with Gasteiger partial charge in [-0.2, -0.15) is 0 Å². The van der Waals surface area contributed by atoms with E-state index in [2.05, 4.69) is 70.9 Å². The molecule has 5 fully saturated rings. The zero-order chi connectivity index (χ0) is 35.2. The number of alkyl halides is 1. The molecule has 0 bridgehead atoms. The molecular formula is C42H64FN3O3. The van der Waals surface area contributed by atoms with Crippen LogP contribution in [-0.2, 0) is 4.79 Å². The van der Waals surface area contributed by atoms with Crippen LogP contribution in [0.4, 0.5) is 9.18 Å². The second-order valence-electron chi connectivity index (χ2n) is 19.2. The Morgan fingerprint density at radius 1 is 1.00 bits per heavy atom. The Hall–Kier alpha value is -2.15. The van der Waals surface area contributed by atoms with E-state index in [4.69, 9.17) is 0 Å². The number of carboxylic acid groups (broad SMARTS) is 1. The lowest BCUT2D eigenvalue weighted by molar-refractivity contribution is -0.221. The van der Waals surface area contributed by atoms with E-state index in [0.717, 1.165) is 32.6 Å². The normalized spacial score (nSPS) is 45.7. The molecule has 1 heterocycles. The first-order chi connectivity index (χ1) is 23.1. The molecule has 1 saturated heterocycles. The Bertz CT molecular complexity index is 1450. The Kier molecular flexibility index (Phi) is 8.60. The van der Waals surface area contributed by atoms with E-state index in [1.807, 2.05) is 4.90 Å². The molecular weight excluding hydrogens is 613 g/mol. The fourth-order valence-electron chi connectivity index (χ4n) is 14.3. The van der Waals surface area contributed by atoms with Crippen LogP contribution in [0.1, 0.15) is 119 Å². The summed E-state index contributed by atoms with van der Waals surface area (Å²) in [6, 6.07) is 0.0778. The van der Waals surface area contributed by atoms with Crippen LogP contribution in [0.2, 0.25) is 0 Å². The number of allylic oxidation sites excluding steroid dienone is 5.